The first-order chi connectivity index (χ1) is 14.2. The summed E-state index contributed by atoms with van der Waals surface area (Å²) in [6.07, 6.45) is 0. The molecule has 2 heterocycles. The molecule has 2 N–H and O–H groups in total. The zero-order valence-electron chi connectivity index (χ0n) is 16.7. The highest BCUT2D eigenvalue weighted by Gasteiger charge is 2.28. The van der Waals surface area contributed by atoms with Crippen molar-refractivity contribution in [3.05, 3.63) is 53.4 Å². The lowest BCUT2D eigenvalue weighted by Gasteiger charge is -2.18. The van der Waals surface area contributed by atoms with E-state index >= 15 is 0 Å². The Morgan fingerprint density at radius 1 is 1.03 bits per heavy atom. The highest BCUT2D eigenvalue weighted by atomic mass is 32.2. The number of aryl methyl sites for hydroxylation is 1. The monoisotopic (exact) mass is 459 g/mol. The van der Waals surface area contributed by atoms with Crippen LogP contribution in [0, 0.1) is 12.8 Å². The van der Waals surface area contributed by atoms with E-state index in [1.165, 1.54) is 27.8 Å². The SMILES string of the molecule is Cc1csc(-c2ccc3sc4cc(S(=O)(=O)N[C@H](C(=O)O)C(C)C)ccc4c3c2)c1. The third-order valence-electron chi connectivity index (χ3n) is 4.98. The first-order valence-corrected chi connectivity index (χ1v) is 12.6. The number of nitrogens with one attached hydrogen (secondary N) is 1. The topological polar surface area (TPSA) is 83.5 Å². The largest absolute Gasteiger partial charge is 0.480 e. The molecule has 0 fully saturated rings. The average Bonchev–Trinajstić information content (AvgIpc) is 3.28. The van der Waals surface area contributed by atoms with E-state index in [2.05, 4.69) is 41.3 Å². The molecular formula is C22H21NO4S3. The zero-order valence-corrected chi connectivity index (χ0v) is 19.1. The second kappa shape index (κ2) is 7.77. The summed E-state index contributed by atoms with van der Waals surface area (Å²) in [6.45, 7) is 5.41. The van der Waals surface area contributed by atoms with E-state index in [0.29, 0.717) is 0 Å². The summed E-state index contributed by atoms with van der Waals surface area (Å²) in [5.74, 6) is -1.56. The normalized spacial score (nSPS) is 13.3. The number of rotatable bonds is 6. The number of carbonyl (C=O) groups is 1. The fourth-order valence-corrected chi connectivity index (χ4v) is 6.83. The van der Waals surface area contributed by atoms with Crippen molar-refractivity contribution in [2.24, 2.45) is 5.92 Å². The van der Waals surface area contributed by atoms with E-state index in [4.69, 9.17) is 0 Å². The van der Waals surface area contributed by atoms with Crippen LogP contribution in [0.15, 0.2) is 52.7 Å². The summed E-state index contributed by atoms with van der Waals surface area (Å²) in [5.41, 5.74) is 2.37. The van der Waals surface area contributed by atoms with Crippen LogP contribution in [0.5, 0.6) is 0 Å². The molecule has 30 heavy (non-hydrogen) atoms. The third-order valence-corrected chi connectivity index (χ3v) is 8.65. The van der Waals surface area contributed by atoms with Gasteiger partial charge in [-0.2, -0.15) is 4.72 Å². The van der Waals surface area contributed by atoms with E-state index in [1.54, 1.807) is 37.3 Å². The minimum absolute atomic E-state index is 0.0718. The molecule has 4 rings (SSSR count). The van der Waals surface area contributed by atoms with Crippen molar-refractivity contribution in [3.8, 4) is 10.4 Å². The standard InChI is InChI=1S/C22H21NO4S3/c1-12(2)21(22(24)25)23-30(26,27)15-5-6-16-17-9-14(19-8-13(3)11-28-19)4-7-18(17)29-20(16)10-15/h4-12,21,23H,1-3H3,(H,24,25)/t21-/m0/s1. The lowest BCUT2D eigenvalue weighted by Crippen LogP contribution is -2.44. The van der Waals surface area contributed by atoms with Crippen LogP contribution >= 0.6 is 22.7 Å². The van der Waals surface area contributed by atoms with Crippen LogP contribution in [0.4, 0.5) is 0 Å². The van der Waals surface area contributed by atoms with Gasteiger partial charge < -0.3 is 5.11 Å². The Balaban J connectivity index is 1.76. The molecule has 5 nitrogen and oxygen atoms in total. The molecule has 0 aliphatic carbocycles. The highest BCUT2D eigenvalue weighted by Crippen LogP contribution is 2.38. The second-order valence-corrected chi connectivity index (χ2v) is 11.3. The number of thiophene rings is 2. The Bertz CT molecular complexity index is 1370. The summed E-state index contributed by atoms with van der Waals surface area (Å²) in [7, 11) is -3.95. The van der Waals surface area contributed by atoms with Crippen molar-refractivity contribution < 1.29 is 18.3 Å². The molecule has 0 saturated carbocycles. The van der Waals surface area contributed by atoms with E-state index in [9.17, 15) is 18.3 Å². The zero-order chi connectivity index (χ0) is 21.6. The summed E-state index contributed by atoms with van der Waals surface area (Å²) in [4.78, 5) is 12.7. The summed E-state index contributed by atoms with van der Waals surface area (Å²) in [5, 5.41) is 13.5. The van der Waals surface area contributed by atoms with Gasteiger partial charge in [0.1, 0.15) is 6.04 Å². The molecule has 2 aromatic carbocycles. The van der Waals surface area contributed by atoms with Crippen LogP contribution in [0.3, 0.4) is 0 Å². The molecule has 1 atom stereocenters. The molecule has 0 spiro atoms. The van der Waals surface area contributed by atoms with E-state index in [1.807, 2.05) is 0 Å². The van der Waals surface area contributed by atoms with Gasteiger partial charge in [-0.05, 0) is 59.7 Å². The predicted molar refractivity (Wildman–Crippen MR) is 124 cm³/mol. The van der Waals surface area contributed by atoms with Crippen molar-refractivity contribution in [1.82, 2.24) is 4.72 Å². The molecule has 156 valence electrons. The van der Waals surface area contributed by atoms with E-state index in [0.717, 1.165) is 25.7 Å². The van der Waals surface area contributed by atoms with Crippen molar-refractivity contribution in [1.29, 1.82) is 0 Å². The van der Waals surface area contributed by atoms with Crippen molar-refractivity contribution in [3.63, 3.8) is 0 Å². The molecular weight excluding hydrogens is 438 g/mol. The number of hydrogen-bond acceptors (Lipinski definition) is 5. The van der Waals surface area contributed by atoms with Gasteiger partial charge >= 0.3 is 5.97 Å². The van der Waals surface area contributed by atoms with Gasteiger partial charge in [-0.15, -0.1) is 22.7 Å². The number of benzene rings is 2. The van der Waals surface area contributed by atoms with Gasteiger partial charge in [0, 0.05) is 25.0 Å². The van der Waals surface area contributed by atoms with Crippen LogP contribution in [-0.2, 0) is 14.8 Å². The van der Waals surface area contributed by atoms with Crippen molar-refractivity contribution in [2.75, 3.05) is 0 Å². The first-order valence-electron chi connectivity index (χ1n) is 9.42. The predicted octanol–water partition coefficient (Wildman–Crippen LogP) is 5.48. The molecule has 2 aromatic heterocycles. The van der Waals surface area contributed by atoms with E-state index in [-0.39, 0.29) is 10.8 Å². The quantitative estimate of drug-likeness (QED) is 0.400. The Morgan fingerprint density at radius 3 is 2.43 bits per heavy atom. The maximum atomic E-state index is 12.8. The maximum Gasteiger partial charge on any atom is 0.322 e. The fraction of sp³-hybridized carbons (Fsp3) is 0.227. The molecule has 0 bridgehead atoms. The van der Waals surface area contributed by atoms with Crippen molar-refractivity contribution in [2.45, 2.75) is 31.7 Å². The molecule has 0 unspecified atom stereocenters. The summed E-state index contributed by atoms with van der Waals surface area (Å²) < 4.78 is 29.8. The van der Waals surface area contributed by atoms with E-state index < -0.39 is 22.0 Å². The van der Waals surface area contributed by atoms with Gasteiger partial charge in [0.25, 0.3) is 0 Å². The third kappa shape index (κ3) is 3.88. The average molecular weight is 460 g/mol. The molecule has 0 aliphatic heterocycles. The minimum atomic E-state index is -3.95. The van der Waals surface area contributed by atoms with Gasteiger partial charge in [0.2, 0.25) is 10.0 Å². The van der Waals surface area contributed by atoms with Crippen LogP contribution in [-0.4, -0.2) is 25.5 Å². The first kappa shape index (κ1) is 21.0. The van der Waals surface area contributed by atoms with Gasteiger partial charge in [0.05, 0.1) is 4.90 Å². The Labute approximate surface area is 183 Å². The Morgan fingerprint density at radius 2 is 1.80 bits per heavy atom. The molecule has 0 amide bonds. The summed E-state index contributed by atoms with van der Waals surface area (Å²) in [6, 6.07) is 12.2. The number of aliphatic carboxylic acids is 1. The maximum absolute atomic E-state index is 12.8. The second-order valence-electron chi connectivity index (χ2n) is 7.64. The Hall–Kier alpha value is -2.26. The van der Waals surface area contributed by atoms with Crippen LogP contribution in [0.1, 0.15) is 19.4 Å². The van der Waals surface area contributed by atoms with Gasteiger partial charge in [-0.3, -0.25) is 4.79 Å². The summed E-state index contributed by atoms with van der Waals surface area (Å²) >= 11 is 3.23. The smallest absolute Gasteiger partial charge is 0.322 e. The van der Waals surface area contributed by atoms with Gasteiger partial charge in [0.15, 0.2) is 0 Å². The Kier molecular flexibility index (Phi) is 5.44. The minimum Gasteiger partial charge on any atom is -0.480 e. The highest BCUT2D eigenvalue weighted by molar-refractivity contribution is 7.89. The van der Waals surface area contributed by atoms with Crippen molar-refractivity contribution >= 4 is 58.8 Å². The fourth-order valence-electron chi connectivity index (χ4n) is 3.37. The molecule has 0 radical (unpaired) electrons. The molecule has 4 aromatic rings. The molecule has 0 saturated heterocycles. The van der Waals surface area contributed by atoms with Gasteiger partial charge in [-0.25, -0.2) is 8.42 Å². The lowest BCUT2D eigenvalue weighted by molar-refractivity contribution is -0.140. The molecule has 8 heteroatoms. The number of sulfonamides is 1. The van der Waals surface area contributed by atoms with Crippen LogP contribution in [0.2, 0.25) is 0 Å². The van der Waals surface area contributed by atoms with Crippen LogP contribution in [0.25, 0.3) is 30.6 Å². The van der Waals surface area contributed by atoms with Gasteiger partial charge in [-0.1, -0.05) is 26.0 Å². The van der Waals surface area contributed by atoms with Crippen LogP contribution < -0.4 is 4.72 Å². The number of carboxylic acids is 1. The molecule has 0 aliphatic rings. The lowest BCUT2D eigenvalue weighted by atomic mass is 10.1. The number of fused-ring (bicyclic) bond motifs is 3. The number of carboxylic acid groups (broad SMARTS) is 1. The number of hydrogen-bond donors (Lipinski definition) is 2.